The molecule has 6 nitrogen and oxygen atoms in total. The predicted molar refractivity (Wildman–Crippen MR) is 67.1 cm³/mol. The molecule has 0 radical (unpaired) electrons. The maximum atomic E-state index is 10.6. The molecule has 0 aliphatic heterocycles. The third kappa shape index (κ3) is 4.25. The normalized spacial score (nSPS) is 10.5. The fourth-order valence-corrected chi connectivity index (χ4v) is 1.35. The first-order valence-corrected chi connectivity index (χ1v) is 5.39. The van der Waals surface area contributed by atoms with E-state index < -0.39 is 4.92 Å². The first-order valence-electron chi connectivity index (χ1n) is 5.39. The zero-order chi connectivity index (χ0) is 13.5. The molecule has 0 unspecified atom stereocenters. The Balaban J connectivity index is 2.58. The van der Waals surface area contributed by atoms with Crippen LogP contribution in [0.25, 0.3) is 6.08 Å². The van der Waals surface area contributed by atoms with E-state index in [0.29, 0.717) is 18.5 Å². The summed E-state index contributed by atoms with van der Waals surface area (Å²) in [4.78, 5) is 20.4. The first kappa shape index (κ1) is 13.7. The summed E-state index contributed by atoms with van der Waals surface area (Å²) in [5, 5.41) is 22.5. The van der Waals surface area contributed by atoms with Crippen LogP contribution in [0.15, 0.2) is 24.3 Å². The van der Waals surface area contributed by atoms with Crippen molar-refractivity contribution in [3.05, 3.63) is 40.0 Å². The Morgan fingerprint density at radius 2 is 2.28 bits per heavy atom. The Hall–Kier alpha value is -2.37. The van der Waals surface area contributed by atoms with Gasteiger partial charge in [-0.1, -0.05) is 12.2 Å². The number of amides is 1. The second kappa shape index (κ2) is 6.39. The minimum absolute atomic E-state index is 0.0867. The van der Waals surface area contributed by atoms with E-state index in [1.54, 1.807) is 12.1 Å². The number of carbonyl (C=O) groups is 1. The summed E-state index contributed by atoms with van der Waals surface area (Å²) in [6, 6.07) is 4.13. The van der Waals surface area contributed by atoms with Crippen LogP contribution in [0.2, 0.25) is 0 Å². The molecule has 2 N–H and O–H groups in total. The number of hydrogen-bond donors (Lipinski definition) is 2. The molecule has 1 aromatic carbocycles. The highest BCUT2D eigenvalue weighted by Crippen LogP contribution is 2.26. The summed E-state index contributed by atoms with van der Waals surface area (Å²) in [6.45, 7) is 1.98. The number of aromatic hydroxyl groups is 1. The number of hydrogen-bond acceptors (Lipinski definition) is 4. The van der Waals surface area contributed by atoms with Gasteiger partial charge in [0.15, 0.2) is 5.75 Å². The number of nitrogens with one attached hydrogen (secondary N) is 1. The van der Waals surface area contributed by atoms with Crippen LogP contribution >= 0.6 is 0 Å². The summed E-state index contributed by atoms with van der Waals surface area (Å²) >= 11 is 0. The molecular formula is C12H14N2O4. The molecule has 0 aliphatic rings. The van der Waals surface area contributed by atoms with E-state index in [0.717, 1.165) is 0 Å². The second-order valence-corrected chi connectivity index (χ2v) is 3.68. The van der Waals surface area contributed by atoms with Gasteiger partial charge in [0, 0.05) is 19.5 Å². The van der Waals surface area contributed by atoms with Crippen LogP contribution in [-0.2, 0) is 4.79 Å². The Kier molecular flexibility index (Phi) is 4.86. The van der Waals surface area contributed by atoms with Crippen LogP contribution in [-0.4, -0.2) is 22.5 Å². The van der Waals surface area contributed by atoms with Gasteiger partial charge in [0.25, 0.3) is 0 Å². The lowest BCUT2D eigenvalue weighted by Gasteiger charge is -1.99. The van der Waals surface area contributed by atoms with Gasteiger partial charge < -0.3 is 10.4 Å². The molecule has 1 rings (SSSR count). The number of phenolic OH excluding ortho intramolecular Hbond substituents is 1. The monoisotopic (exact) mass is 250 g/mol. The number of carbonyl (C=O) groups excluding carboxylic acids is 1. The molecule has 6 heteroatoms. The molecule has 1 aromatic rings. The Bertz CT molecular complexity index is 483. The van der Waals surface area contributed by atoms with Crippen molar-refractivity contribution in [2.45, 2.75) is 13.3 Å². The van der Waals surface area contributed by atoms with E-state index in [-0.39, 0.29) is 17.3 Å². The standard InChI is InChI=1S/C12H14N2O4/c1-9(15)13-7-3-2-4-10-5-6-11(14(17)18)12(16)8-10/h2,4-6,8,16H,3,7H2,1H3,(H,13,15). The number of rotatable bonds is 5. The van der Waals surface area contributed by atoms with Gasteiger partial charge in [0.2, 0.25) is 5.91 Å². The average molecular weight is 250 g/mol. The van der Waals surface area contributed by atoms with Crippen molar-refractivity contribution in [3.8, 4) is 5.75 Å². The fourth-order valence-electron chi connectivity index (χ4n) is 1.35. The Labute approximate surface area is 104 Å². The lowest BCUT2D eigenvalue weighted by Crippen LogP contribution is -2.20. The molecule has 1 amide bonds. The molecule has 0 atom stereocenters. The summed E-state index contributed by atoms with van der Waals surface area (Å²) < 4.78 is 0. The van der Waals surface area contributed by atoms with Gasteiger partial charge in [-0.15, -0.1) is 0 Å². The van der Waals surface area contributed by atoms with Crippen LogP contribution in [0.5, 0.6) is 5.75 Å². The number of phenols is 1. The first-order chi connectivity index (χ1) is 8.50. The zero-order valence-corrected chi connectivity index (χ0v) is 9.92. The lowest BCUT2D eigenvalue weighted by atomic mass is 10.1. The van der Waals surface area contributed by atoms with Crippen LogP contribution in [0.3, 0.4) is 0 Å². The van der Waals surface area contributed by atoms with Crippen molar-refractivity contribution in [1.82, 2.24) is 5.32 Å². The SMILES string of the molecule is CC(=O)NCCC=Cc1ccc([N+](=O)[O-])c(O)c1. The van der Waals surface area contributed by atoms with E-state index in [4.69, 9.17) is 0 Å². The summed E-state index contributed by atoms with van der Waals surface area (Å²) in [7, 11) is 0. The quantitative estimate of drug-likeness (QED) is 0.473. The largest absolute Gasteiger partial charge is 0.502 e. The van der Waals surface area contributed by atoms with Gasteiger partial charge in [-0.3, -0.25) is 14.9 Å². The lowest BCUT2D eigenvalue weighted by molar-refractivity contribution is -0.385. The zero-order valence-electron chi connectivity index (χ0n) is 9.92. The Morgan fingerprint density at radius 3 is 2.83 bits per heavy atom. The molecule has 0 heterocycles. The number of nitrogens with zero attached hydrogens (tertiary/aromatic N) is 1. The van der Waals surface area contributed by atoms with Crippen LogP contribution in [0, 0.1) is 10.1 Å². The summed E-state index contributed by atoms with van der Waals surface area (Å²) in [5.41, 5.74) is 0.353. The van der Waals surface area contributed by atoms with Gasteiger partial charge in [0.1, 0.15) is 0 Å². The maximum Gasteiger partial charge on any atom is 0.310 e. The molecule has 0 aromatic heterocycles. The van der Waals surface area contributed by atoms with Crippen molar-refractivity contribution in [1.29, 1.82) is 0 Å². The molecule has 0 fully saturated rings. The molecule has 0 spiro atoms. The van der Waals surface area contributed by atoms with Crippen molar-refractivity contribution in [2.75, 3.05) is 6.54 Å². The molecule has 0 aliphatic carbocycles. The highest BCUT2D eigenvalue weighted by Gasteiger charge is 2.11. The van der Waals surface area contributed by atoms with Gasteiger partial charge in [-0.2, -0.15) is 0 Å². The summed E-state index contributed by atoms with van der Waals surface area (Å²) in [6.07, 6.45) is 4.19. The fraction of sp³-hybridized carbons (Fsp3) is 0.250. The number of nitro benzene ring substituents is 1. The average Bonchev–Trinajstić information content (AvgIpc) is 2.27. The molecular weight excluding hydrogens is 236 g/mol. The van der Waals surface area contributed by atoms with E-state index in [1.807, 2.05) is 6.08 Å². The Morgan fingerprint density at radius 1 is 1.56 bits per heavy atom. The van der Waals surface area contributed by atoms with Crippen molar-refractivity contribution >= 4 is 17.7 Å². The van der Waals surface area contributed by atoms with Gasteiger partial charge in [-0.25, -0.2) is 0 Å². The number of nitro groups is 1. The van der Waals surface area contributed by atoms with Crippen LogP contribution < -0.4 is 5.32 Å². The topological polar surface area (TPSA) is 92.5 Å². The van der Waals surface area contributed by atoms with Crippen LogP contribution in [0.4, 0.5) is 5.69 Å². The predicted octanol–water partition coefficient (Wildman–Crippen LogP) is 1.84. The summed E-state index contributed by atoms with van der Waals surface area (Å²) in [5.74, 6) is -0.444. The van der Waals surface area contributed by atoms with Crippen LogP contribution in [0.1, 0.15) is 18.9 Å². The molecule has 0 bridgehead atoms. The molecule has 96 valence electrons. The molecule has 18 heavy (non-hydrogen) atoms. The van der Waals surface area contributed by atoms with Crippen molar-refractivity contribution in [2.24, 2.45) is 0 Å². The van der Waals surface area contributed by atoms with E-state index in [1.165, 1.54) is 19.1 Å². The van der Waals surface area contributed by atoms with Crippen molar-refractivity contribution in [3.63, 3.8) is 0 Å². The minimum atomic E-state index is -0.639. The smallest absolute Gasteiger partial charge is 0.310 e. The molecule has 0 saturated carbocycles. The highest BCUT2D eigenvalue weighted by molar-refractivity contribution is 5.72. The third-order valence-electron chi connectivity index (χ3n) is 2.19. The van der Waals surface area contributed by atoms with Gasteiger partial charge >= 0.3 is 5.69 Å². The van der Waals surface area contributed by atoms with Gasteiger partial charge in [0.05, 0.1) is 4.92 Å². The highest BCUT2D eigenvalue weighted by atomic mass is 16.6. The van der Waals surface area contributed by atoms with E-state index in [9.17, 15) is 20.0 Å². The van der Waals surface area contributed by atoms with E-state index >= 15 is 0 Å². The van der Waals surface area contributed by atoms with E-state index in [2.05, 4.69) is 5.32 Å². The molecule has 0 saturated heterocycles. The minimum Gasteiger partial charge on any atom is -0.502 e. The maximum absolute atomic E-state index is 10.6. The van der Waals surface area contributed by atoms with Gasteiger partial charge in [-0.05, 0) is 24.1 Å². The second-order valence-electron chi connectivity index (χ2n) is 3.68. The van der Waals surface area contributed by atoms with Crippen molar-refractivity contribution < 1.29 is 14.8 Å². The third-order valence-corrected chi connectivity index (χ3v) is 2.19. The number of benzene rings is 1.